The van der Waals surface area contributed by atoms with Gasteiger partial charge >= 0.3 is 0 Å². The molecule has 1 saturated carbocycles. The molecule has 0 spiro atoms. The molecule has 1 aliphatic rings. The molecule has 3 aromatic carbocycles. The van der Waals surface area contributed by atoms with Gasteiger partial charge in [-0.25, -0.2) is 0 Å². The van der Waals surface area contributed by atoms with Crippen molar-refractivity contribution in [3.8, 4) is 0 Å². The maximum Gasteiger partial charge on any atom is 0.243 e. The normalized spacial score (nSPS) is 14.5. The summed E-state index contributed by atoms with van der Waals surface area (Å²) in [6.45, 7) is 4.59. The van der Waals surface area contributed by atoms with E-state index in [1.165, 1.54) is 23.1 Å². The number of hydrogen-bond acceptors (Lipinski definition) is 3. The van der Waals surface area contributed by atoms with Crippen LogP contribution in [0.25, 0.3) is 0 Å². The summed E-state index contributed by atoms with van der Waals surface area (Å²) in [5.41, 5.74) is 5.74. The molecule has 0 bridgehead atoms. The molecule has 6 heteroatoms. The van der Waals surface area contributed by atoms with Crippen molar-refractivity contribution < 1.29 is 9.59 Å². The molecule has 0 unspecified atom stereocenters. The second kappa shape index (κ2) is 14.7. The SMILES string of the molecule is Cc1cc(C)cc(CSCC(=O)N(Cc2cccc(Br)c2)[C@H](Cc2ccccc2)C(=O)NC2CCCCC2)c1. The number of rotatable bonds is 11. The van der Waals surface area contributed by atoms with Gasteiger partial charge in [-0.2, -0.15) is 0 Å². The number of amides is 2. The topological polar surface area (TPSA) is 49.4 Å². The number of carbonyl (C=O) groups is 2. The second-order valence-electron chi connectivity index (χ2n) is 10.7. The van der Waals surface area contributed by atoms with Crippen LogP contribution in [0.4, 0.5) is 0 Å². The van der Waals surface area contributed by atoms with E-state index in [-0.39, 0.29) is 17.9 Å². The predicted octanol–water partition coefficient (Wildman–Crippen LogP) is 7.39. The Hall–Kier alpha value is -2.57. The molecule has 0 aliphatic heterocycles. The molecule has 4 nitrogen and oxygen atoms in total. The first kappa shape index (κ1) is 29.4. The van der Waals surface area contributed by atoms with Crippen LogP contribution in [0.5, 0.6) is 0 Å². The Morgan fingerprint density at radius 3 is 2.28 bits per heavy atom. The highest BCUT2D eigenvalue weighted by molar-refractivity contribution is 9.10. The van der Waals surface area contributed by atoms with Gasteiger partial charge in [-0.3, -0.25) is 9.59 Å². The van der Waals surface area contributed by atoms with Crippen LogP contribution < -0.4 is 5.32 Å². The fourth-order valence-corrected chi connectivity index (χ4v) is 6.71. The molecule has 1 N–H and O–H groups in total. The first-order chi connectivity index (χ1) is 18.9. The van der Waals surface area contributed by atoms with Gasteiger partial charge in [0, 0.05) is 29.2 Å². The maximum atomic E-state index is 13.9. The van der Waals surface area contributed by atoms with Gasteiger partial charge in [0.2, 0.25) is 11.8 Å². The van der Waals surface area contributed by atoms with Crippen LogP contribution >= 0.6 is 27.7 Å². The molecular weight excluding hydrogens is 568 g/mol. The van der Waals surface area contributed by atoms with Crippen LogP contribution in [-0.4, -0.2) is 34.6 Å². The fraction of sp³-hybridized carbons (Fsp3) is 0.394. The van der Waals surface area contributed by atoms with Crippen molar-refractivity contribution >= 4 is 39.5 Å². The maximum absolute atomic E-state index is 13.9. The Morgan fingerprint density at radius 2 is 1.59 bits per heavy atom. The third kappa shape index (κ3) is 9.25. The zero-order valence-corrected chi connectivity index (χ0v) is 25.4. The lowest BCUT2D eigenvalue weighted by molar-refractivity contribution is -0.139. The Labute approximate surface area is 246 Å². The lowest BCUT2D eigenvalue weighted by atomic mass is 9.94. The summed E-state index contributed by atoms with van der Waals surface area (Å²) < 4.78 is 0.961. The number of aryl methyl sites for hydroxylation is 2. The molecular formula is C33H39BrN2O2S. The van der Waals surface area contributed by atoms with Crippen molar-refractivity contribution in [1.29, 1.82) is 0 Å². The van der Waals surface area contributed by atoms with E-state index in [1.54, 1.807) is 16.7 Å². The summed E-state index contributed by atoms with van der Waals surface area (Å²) in [7, 11) is 0. The van der Waals surface area contributed by atoms with E-state index in [2.05, 4.69) is 53.3 Å². The summed E-state index contributed by atoms with van der Waals surface area (Å²) in [4.78, 5) is 29.6. The average Bonchev–Trinajstić information content (AvgIpc) is 2.91. The molecule has 0 heterocycles. The number of nitrogens with zero attached hydrogens (tertiary/aromatic N) is 1. The number of hydrogen-bond donors (Lipinski definition) is 1. The smallest absolute Gasteiger partial charge is 0.243 e. The number of thioether (sulfide) groups is 1. The molecule has 0 saturated heterocycles. The van der Waals surface area contributed by atoms with Crippen LogP contribution in [0.15, 0.2) is 77.3 Å². The molecule has 1 fully saturated rings. The second-order valence-corrected chi connectivity index (χ2v) is 12.6. The average molecular weight is 608 g/mol. The summed E-state index contributed by atoms with van der Waals surface area (Å²) in [6.07, 6.45) is 6.02. The van der Waals surface area contributed by atoms with Gasteiger partial charge in [-0.05, 0) is 55.5 Å². The third-order valence-corrected chi connectivity index (χ3v) is 8.72. The molecule has 206 valence electrons. The van der Waals surface area contributed by atoms with Crippen LogP contribution in [0.1, 0.15) is 59.9 Å². The number of carbonyl (C=O) groups excluding carboxylic acids is 2. The molecule has 4 rings (SSSR count). The van der Waals surface area contributed by atoms with Crippen LogP contribution in [0.2, 0.25) is 0 Å². The summed E-state index contributed by atoms with van der Waals surface area (Å²) in [5, 5.41) is 3.32. The van der Waals surface area contributed by atoms with Gasteiger partial charge in [0.15, 0.2) is 0 Å². The minimum absolute atomic E-state index is 0.0101. The van der Waals surface area contributed by atoms with E-state index >= 15 is 0 Å². The Morgan fingerprint density at radius 1 is 0.897 bits per heavy atom. The number of halogens is 1. The van der Waals surface area contributed by atoms with Crippen molar-refractivity contribution in [2.75, 3.05) is 5.75 Å². The highest BCUT2D eigenvalue weighted by Crippen LogP contribution is 2.22. The van der Waals surface area contributed by atoms with Gasteiger partial charge in [-0.15, -0.1) is 11.8 Å². The van der Waals surface area contributed by atoms with Crippen molar-refractivity contribution in [1.82, 2.24) is 10.2 Å². The zero-order valence-electron chi connectivity index (χ0n) is 23.0. The van der Waals surface area contributed by atoms with Crippen LogP contribution in [-0.2, 0) is 28.3 Å². The van der Waals surface area contributed by atoms with Gasteiger partial charge in [0.1, 0.15) is 6.04 Å². The highest BCUT2D eigenvalue weighted by atomic mass is 79.9. The largest absolute Gasteiger partial charge is 0.352 e. The minimum atomic E-state index is -0.581. The molecule has 0 radical (unpaired) electrons. The predicted molar refractivity (Wildman–Crippen MR) is 166 cm³/mol. The molecule has 1 atom stereocenters. The summed E-state index contributed by atoms with van der Waals surface area (Å²) >= 11 is 5.18. The standard InChI is InChI=1S/C33H39BrN2O2S/c1-24-16-25(2)18-28(17-24)22-39-23-32(37)36(21-27-12-9-13-29(34)19-27)31(20-26-10-5-3-6-11-26)33(38)35-30-14-7-4-8-15-30/h3,5-6,9-13,16-19,30-31H,4,7-8,14-15,20-23H2,1-2H3,(H,35,38)/t31-/m1/s1. The van der Waals surface area contributed by atoms with Gasteiger partial charge in [-0.1, -0.05) is 107 Å². The summed E-state index contributed by atoms with van der Waals surface area (Å²) in [6, 6.07) is 24.2. The lowest BCUT2D eigenvalue weighted by Gasteiger charge is -2.33. The quantitative estimate of drug-likeness (QED) is 0.247. The van der Waals surface area contributed by atoms with E-state index in [9.17, 15) is 9.59 Å². The van der Waals surface area contributed by atoms with Crippen molar-refractivity contribution in [3.63, 3.8) is 0 Å². The monoisotopic (exact) mass is 606 g/mol. The van der Waals surface area contributed by atoms with Crippen LogP contribution in [0.3, 0.4) is 0 Å². The van der Waals surface area contributed by atoms with Gasteiger partial charge in [0.25, 0.3) is 0 Å². The van der Waals surface area contributed by atoms with Gasteiger partial charge < -0.3 is 10.2 Å². The number of benzene rings is 3. The molecule has 3 aromatic rings. The molecule has 2 amide bonds. The van der Waals surface area contributed by atoms with Crippen molar-refractivity contribution in [2.45, 2.75) is 76.8 Å². The molecule has 1 aliphatic carbocycles. The molecule has 39 heavy (non-hydrogen) atoms. The Balaban J connectivity index is 1.57. The van der Waals surface area contributed by atoms with Crippen LogP contribution in [0, 0.1) is 13.8 Å². The van der Waals surface area contributed by atoms with E-state index in [0.717, 1.165) is 47.0 Å². The lowest BCUT2D eigenvalue weighted by Crippen LogP contribution is -2.53. The Kier molecular flexibility index (Phi) is 11.1. The third-order valence-electron chi connectivity index (χ3n) is 7.24. The highest BCUT2D eigenvalue weighted by Gasteiger charge is 2.31. The van der Waals surface area contributed by atoms with E-state index < -0.39 is 6.04 Å². The summed E-state index contributed by atoms with van der Waals surface area (Å²) in [5.74, 6) is 1.03. The zero-order chi connectivity index (χ0) is 27.6. The van der Waals surface area contributed by atoms with E-state index in [4.69, 9.17) is 0 Å². The minimum Gasteiger partial charge on any atom is -0.352 e. The van der Waals surface area contributed by atoms with E-state index in [0.29, 0.717) is 18.7 Å². The Bertz CT molecular complexity index is 1220. The first-order valence-electron chi connectivity index (χ1n) is 13.9. The first-order valence-corrected chi connectivity index (χ1v) is 15.9. The van der Waals surface area contributed by atoms with Crippen molar-refractivity contribution in [3.05, 3.63) is 105 Å². The molecule has 0 aromatic heterocycles. The number of nitrogens with one attached hydrogen (secondary N) is 1. The van der Waals surface area contributed by atoms with Crippen molar-refractivity contribution in [2.24, 2.45) is 0 Å². The van der Waals surface area contributed by atoms with E-state index in [1.807, 2.05) is 54.6 Å². The van der Waals surface area contributed by atoms with Gasteiger partial charge in [0.05, 0.1) is 5.75 Å². The fourth-order valence-electron chi connectivity index (χ4n) is 5.42.